The summed E-state index contributed by atoms with van der Waals surface area (Å²) >= 11 is 5.89. The lowest BCUT2D eigenvalue weighted by Gasteiger charge is -2.22. The first-order valence-electron chi connectivity index (χ1n) is 8.19. The molecule has 1 saturated carbocycles. The van der Waals surface area contributed by atoms with Crippen molar-refractivity contribution in [1.82, 2.24) is 16.0 Å². The minimum Gasteiger partial charge on any atom is -0.352 e. The molecular weight excluding hydrogens is 314 g/mol. The molecule has 0 unspecified atom stereocenters. The second-order valence-corrected chi connectivity index (χ2v) is 6.33. The molecule has 5 nitrogen and oxygen atoms in total. The summed E-state index contributed by atoms with van der Waals surface area (Å²) in [6, 6.07) is 7.46. The lowest BCUT2D eigenvalue weighted by atomic mass is 9.96. The van der Waals surface area contributed by atoms with Crippen molar-refractivity contribution in [2.24, 2.45) is 0 Å². The zero-order valence-corrected chi connectivity index (χ0v) is 14.0. The van der Waals surface area contributed by atoms with Crippen LogP contribution in [0.15, 0.2) is 24.3 Å². The summed E-state index contributed by atoms with van der Waals surface area (Å²) in [6.45, 7) is 0.771. The van der Waals surface area contributed by atoms with Gasteiger partial charge in [-0.3, -0.25) is 4.79 Å². The van der Waals surface area contributed by atoms with Crippen molar-refractivity contribution in [1.29, 1.82) is 0 Å². The van der Waals surface area contributed by atoms with Crippen molar-refractivity contribution in [2.45, 2.75) is 51.1 Å². The van der Waals surface area contributed by atoms with E-state index in [4.69, 9.17) is 11.6 Å². The van der Waals surface area contributed by atoms with Gasteiger partial charge < -0.3 is 16.0 Å². The Labute approximate surface area is 142 Å². The first-order valence-corrected chi connectivity index (χ1v) is 8.57. The van der Waals surface area contributed by atoms with Crippen molar-refractivity contribution in [3.63, 3.8) is 0 Å². The maximum absolute atomic E-state index is 11.8. The third kappa shape index (κ3) is 6.91. The topological polar surface area (TPSA) is 70.2 Å². The van der Waals surface area contributed by atoms with Crippen LogP contribution in [-0.4, -0.2) is 24.5 Å². The van der Waals surface area contributed by atoms with Gasteiger partial charge >= 0.3 is 6.03 Å². The third-order valence-electron chi connectivity index (χ3n) is 3.96. The Morgan fingerprint density at radius 1 is 1.13 bits per heavy atom. The van der Waals surface area contributed by atoms with Gasteiger partial charge in [0.15, 0.2) is 0 Å². The Balaban J connectivity index is 1.58. The van der Waals surface area contributed by atoms with Gasteiger partial charge in [-0.15, -0.1) is 0 Å². The molecule has 0 spiro atoms. The lowest BCUT2D eigenvalue weighted by Crippen LogP contribution is -2.43. The molecule has 3 N–H and O–H groups in total. The highest BCUT2D eigenvalue weighted by Crippen LogP contribution is 2.17. The van der Waals surface area contributed by atoms with Crippen molar-refractivity contribution < 1.29 is 9.59 Å². The molecule has 2 rings (SSSR count). The van der Waals surface area contributed by atoms with Crippen LogP contribution in [0.5, 0.6) is 0 Å². The highest BCUT2D eigenvalue weighted by molar-refractivity contribution is 6.30. The molecule has 1 aromatic carbocycles. The van der Waals surface area contributed by atoms with Crippen molar-refractivity contribution >= 4 is 23.5 Å². The first kappa shape index (κ1) is 17.6. The molecule has 126 valence electrons. The standard InChI is InChI=1S/C17H24ClN3O2/c18-14-6-4-5-13(11-14)12-20-16(22)9-10-19-17(23)21-15-7-2-1-3-8-15/h4-6,11,15H,1-3,7-10,12H2,(H,20,22)(H2,19,21,23). The minimum absolute atomic E-state index is 0.0945. The van der Waals surface area contributed by atoms with E-state index >= 15 is 0 Å². The Morgan fingerprint density at radius 2 is 1.91 bits per heavy atom. The quantitative estimate of drug-likeness (QED) is 0.746. The van der Waals surface area contributed by atoms with Crippen LogP contribution in [-0.2, 0) is 11.3 Å². The number of rotatable bonds is 6. The van der Waals surface area contributed by atoms with Gasteiger partial charge in [-0.05, 0) is 30.5 Å². The number of benzene rings is 1. The lowest BCUT2D eigenvalue weighted by molar-refractivity contribution is -0.121. The molecule has 6 heteroatoms. The van der Waals surface area contributed by atoms with Crippen LogP contribution in [0.25, 0.3) is 0 Å². The number of halogens is 1. The average Bonchev–Trinajstić information content (AvgIpc) is 2.54. The van der Waals surface area contributed by atoms with Gasteiger partial charge in [0, 0.05) is 30.6 Å². The second-order valence-electron chi connectivity index (χ2n) is 5.89. The Morgan fingerprint density at radius 3 is 2.65 bits per heavy atom. The van der Waals surface area contributed by atoms with Crippen LogP contribution in [0.3, 0.4) is 0 Å². The van der Waals surface area contributed by atoms with E-state index in [1.165, 1.54) is 19.3 Å². The molecule has 0 aliphatic heterocycles. The Bertz CT molecular complexity index is 530. The third-order valence-corrected chi connectivity index (χ3v) is 4.19. The van der Waals surface area contributed by atoms with Crippen LogP contribution in [0.2, 0.25) is 5.02 Å². The van der Waals surface area contributed by atoms with Gasteiger partial charge in [0.25, 0.3) is 0 Å². The average molecular weight is 338 g/mol. The fourth-order valence-electron chi connectivity index (χ4n) is 2.71. The summed E-state index contributed by atoms with van der Waals surface area (Å²) in [4.78, 5) is 23.5. The molecule has 0 heterocycles. The largest absolute Gasteiger partial charge is 0.352 e. The number of urea groups is 1. The fourth-order valence-corrected chi connectivity index (χ4v) is 2.92. The molecule has 1 fully saturated rings. The molecule has 1 aliphatic carbocycles. The summed E-state index contributed by atoms with van der Waals surface area (Å²) in [5.41, 5.74) is 0.953. The van der Waals surface area contributed by atoms with E-state index in [9.17, 15) is 9.59 Å². The number of hydrogen-bond donors (Lipinski definition) is 3. The maximum atomic E-state index is 11.8. The zero-order chi connectivity index (χ0) is 16.5. The molecular formula is C17H24ClN3O2. The van der Waals surface area contributed by atoms with Crippen LogP contribution in [0.1, 0.15) is 44.1 Å². The normalized spacial score (nSPS) is 15.0. The fraction of sp³-hybridized carbons (Fsp3) is 0.529. The van der Waals surface area contributed by atoms with Crippen LogP contribution in [0, 0.1) is 0 Å². The predicted octanol–water partition coefficient (Wildman–Crippen LogP) is 2.98. The molecule has 0 radical (unpaired) electrons. The minimum atomic E-state index is -0.181. The monoisotopic (exact) mass is 337 g/mol. The van der Waals surface area contributed by atoms with Crippen molar-refractivity contribution in [3.05, 3.63) is 34.9 Å². The van der Waals surface area contributed by atoms with Gasteiger partial charge in [0.1, 0.15) is 0 Å². The number of carbonyl (C=O) groups is 2. The molecule has 23 heavy (non-hydrogen) atoms. The first-order chi connectivity index (χ1) is 11.1. The molecule has 0 saturated heterocycles. The molecule has 0 aromatic heterocycles. The number of carbonyl (C=O) groups excluding carboxylic acids is 2. The molecule has 0 atom stereocenters. The highest BCUT2D eigenvalue weighted by atomic mass is 35.5. The van der Waals surface area contributed by atoms with Crippen LogP contribution < -0.4 is 16.0 Å². The molecule has 0 bridgehead atoms. The van der Waals surface area contributed by atoms with Crippen LogP contribution >= 0.6 is 11.6 Å². The van der Waals surface area contributed by atoms with E-state index in [0.717, 1.165) is 18.4 Å². The smallest absolute Gasteiger partial charge is 0.315 e. The summed E-state index contributed by atoms with van der Waals surface area (Å²) in [6.07, 6.45) is 5.97. The van der Waals surface area contributed by atoms with E-state index in [2.05, 4.69) is 16.0 Å². The molecule has 3 amide bonds. The van der Waals surface area contributed by atoms with E-state index in [1.807, 2.05) is 18.2 Å². The predicted molar refractivity (Wildman–Crippen MR) is 91.3 cm³/mol. The van der Waals surface area contributed by atoms with E-state index in [1.54, 1.807) is 6.07 Å². The van der Waals surface area contributed by atoms with Gasteiger partial charge in [0.05, 0.1) is 0 Å². The summed E-state index contributed by atoms with van der Waals surface area (Å²) in [7, 11) is 0. The zero-order valence-electron chi connectivity index (χ0n) is 13.2. The highest BCUT2D eigenvalue weighted by Gasteiger charge is 2.15. The summed E-state index contributed by atoms with van der Waals surface area (Å²) < 4.78 is 0. The SMILES string of the molecule is O=C(CCNC(=O)NC1CCCCC1)NCc1cccc(Cl)c1. The van der Waals surface area contributed by atoms with Gasteiger partial charge in [-0.25, -0.2) is 4.79 Å². The number of hydrogen-bond acceptors (Lipinski definition) is 2. The van der Waals surface area contributed by atoms with Gasteiger partial charge in [-0.2, -0.15) is 0 Å². The maximum Gasteiger partial charge on any atom is 0.315 e. The number of amides is 3. The summed E-state index contributed by atoms with van der Waals surface area (Å²) in [5.74, 6) is -0.0945. The number of nitrogens with one attached hydrogen (secondary N) is 3. The van der Waals surface area contributed by atoms with Gasteiger partial charge in [0.2, 0.25) is 5.91 Å². The van der Waals surface area contributed by atoms with Crippen molar-refractivity contribution in [2.75, 3.05) is 6.54 Å². The second kappa shape index (κ2) is 9.40. The summed E-state index contributed by atoms with van der Waals surface area (Å²) in [5, 5.41) is 9.16. The molecule has 1 aliphatic rings. The van der Waals surface area contributed by atoms with Crippen LogP contribution in [0.4, 0.5) is 4.79 Å². The molecule has 1 aromatic rings. The van der Waals surface area contributed by atoms with Crippen molar-refractivity contribution in [3.8, 4) is 0 Å². The van der Waals surface area contributed by atoms with E-state index < -0.39 is 0 Å². The van der Waals surface area contributed by atoms with Gasteiger partial charge in [-0.1, -0.05) is 43.0 Å². The van der Waals surface area contributed by atoms with E-state index in [0.29, 0.717) is 18.1 Å². The Kier molecular flexibility index (Phi) is 7.20. The Hall–Kier alpha value is -1.75. The van der Waals surface area contributed by atoms with E-state index in [-0.39, 0.29) is 24.4 Å².